The zero-order chi connectivity index (χ0) is 15.6. The number of carbonyl (C=O) groups is 2. The number of amides is 2. The van der Waals surface area contributed by atoms with Gasteiger partial charge in [-0.05, 0) is 34.1 Å². The molecule has 1 fully saturated rings. The van der Waals surface area contributed by atoms with E-state index in [1.807, 2.05) is 0 Å². The number of nitrogens with zero attached hydrogens (tertiary/aromatic N) is 2. The molecule has 0 spiro atoms. The van der Waals surface area contributed by atoms with E-state index in [1.54, 1.807) is 27.7 Å². The lowest BCUT2D eigenvalue weighted by Crippen LogP contribution is -2.54. The zero-order valence-electron chi connectivity index (χ0n) is 12.7. The predicted octanol–water partition coefficient (Wildman–Crippen LogP) is 1.12. The van der Waals surface area contributed by atoms with E-state index in [4.69, 9.17) is 15.3 Å². The van der Waals surface area contributed by atoms with Gasteiger partial charge in [-0.3, -0.25) is 4.79 Å². The molecule has 0 aromatic heterocycles. The lowest BCUT2D eigenvalue weighted by atomic mass is 9.78. The maximum atomic E-state index is 12.0. The molecule has 0 bridgehead atoms. The summed E-state index contributed by atoms with van der Waals surface area (Å²) in [4.78, 5) is 29.9. The Labute approximate surface area is 119 Å². The molecule has 2 amide bonds. The first-order chi connectivity index (χ1) is 9.10. The minimum absolute atomic E-state index is 0.169. The average Bonchev–Trinajstić information content (AvgIpc) is 2.29. The second-order valence-electron chi connectivity index (χ2n) is 6.07. The fraction of sp³-hybridized carbons (Fsp3) is 0.769. The molecule has 0 unspecified atom stereocenters. The summed E-state index contributed by atoms with van der Waals surface area (Å²) in [5, 5.41) is 3.85. The lowest BCUT2D eigenvalue weighted by Gasteiger charge is -2.38. The summed E-state index contributed by atoms with van der Waals surface area (Å²) in [6.45, 7) is 7.66. The number of primary amides is 1. The molecule has 2 N–H and O–H groups in total. The Hall–Kier alpha value is -1.79. The maximum absolute atomic E-state index is 12.0. The van der Waals surface area contributed by atoms with Crippen molar-refractivity contribution in [2.24, 2.45) is 16.3 Å². The average molecular weight is 285 g/mol. The van der Waals surface area contributed by atoms with Gasteiger partial charge in [-0.2, -0.15) is 0 Å². The lowest BCUT2D eigenvalue weighted by molar-refractivity contribution is -0.124. The van der Waals surface area contributed by atoms with Crippen molar-refractivity contribution in [1.82, 2.24) is 4.90 Å². The Morgan fingerprint density at radius 2 is 2.00 bits per heavy atom. The van der Waals surface area contributed by atoms with Crippen LogP contribution in [0.25, 0.3) is 0 Å². The van der Waals surface area contributed by atoms with Crippen LogP contribution in [0.15, 0.2) is 5.16 Å². The topological polar surface area (TPSA) is 94.2 Å². The molecule has 0 saturated carbocycles. The monoisotopic (exact) mass is 285 g/mol. The number of likely N-dealkylation sites (tertiary alicyclic amines) is 1. The molecule has 0 aromatic rings. The van der Waals surface area contributed by atoms with Crippen LogP contribution < -0.4 is 5.73 Å². The molecule has 1 aliphatic rings. The van der Waals surface area contributed by atoms with Gasteiger partial charge in [0.1, 0.15) is 12.7 Å². The first kappa shape index (κ1) is 16.3. The van der Waals surface area contributed by atoms with Crippen molar-refractivity contribution in [3.63, 3.8) is 0 Å². The van der Waals surface area contributed by atoms with Crippen LogP contribution in [0.3, 0.4) is 0 Å². The Balaban J connectivity index is 2.88. The second kappa shape index (κ2) is 5.68. The molecule has 0 aromatic carbocycles. The van der Waals surface area contributed by atoms with Crippen LogP contribution in [-0.4, -0.2) is 48.4 Å². The van der Waals surface area contributed by atoms with E-state index in [0.29, 0.717) is 18.7 Å². The third-order valence-corrected chi connectivity index (χ3v) is 3.26. The first-order valence-electron chi connectivity index (χ1n) is 6.48. The Morgan fingerprint density at radius 1 is 1.40 bits per heavy atom. The number of oxime groups is 1. The normalized spacial score (nSPS) is 25.4. The van der Waals surface area contributed by atoms with E-state index >= 15 is 0 Å². The van der Waals surface area contributed by atoms with Crippen LogP contribution in [0.4, 0.5) is 4.79 Å². The van der Waals surface area contributed by atoms with Crippen LogP contribution in [-0.2, 0) is 14.4 Å². The highest BCUT2D eigenvalue weighted by molar-refractivity contribution is 6.09. The number of nitrogens with two attached hydrogens (primary N) is 1. The Morgan fingerprint density at radius 3 is 2.45 bits per heavy atom. The molecule has 1 aliphatic heterocycles. The number of piperidine rings is 1. The van der Waals surface area contributed by atoms with E-state index in [9.17, 15) is 9.59 Å². The van der Waals surface area contributed by atoms with Gasteiger partial charge < -0.3 is 20.2 Å². The van der Waals surface area contributed by atoms with Crippen molar-refractivity contribution in [2.45, 2.75) is 39.7 Å². The SMILES string of the molecule is CO/N=C1\CN(C(=O)OC(C)(C)C)CC[C@@]1(C)C(N)=O. The van der Waals surface area contributed by atoms with Crippen molar-refractivity contribution in [1.29, 1.82) is 0 Å². The summed E-state index contributed by atoms with van der Waals surface area (Å²) in [5.41, 5.74) is 4.41. The number of ether oxygens (including phenoxy) is 1. The fourth-order valence-electron chi connectivity index (χ4n) is 1.92. The van der Waals surface area contributed by atoms with Gasteiger partial charge in [0.2, 0.25) is 5.91 Å². The minimum Gasteiger partial charge on any atom is -0.444 e. The molecular formula is C13H23N3O4. The highest BCUT2D eigenvalue weighted by Crippen LogP contribution is 2.29. The standard InChI is InChI=1S/C13H23N3O4/c1-12(2,3)20-11(18)16-7-6-13(4,10(14)17)9(8-16)15-19-5/h6-8H2,1-5H3,(H2,14,17)/b15-9+/t13-/m1/s1. The smallest absolute Gasteiger partial charge is 0.410 e. The van der Waals surface area contributed by atoms with Gasteiger partial charge in [-0.15, -0.1) is 0 Å². The number of rotatable bonds is 2. The third kappa shape index (κ3) is 3.61. The highest BCUT2D eigenvalue weighted by atomic mass is 16.6. The van der Waals surface area contributed by atoms with Crippen LogP contribution in [0.2, 0.25) is 0 Å². The summed E-state index contributed by atoms with van der Waals surface area (Å²) in [6.07, 6.45) is -0.0446. The summed E-state index contributed by atoms with van der Waals surface area (Å²) in [5.74, 6) is -0.475. The van der Waals surface area contributed by atoms with E-state index in [1.165, 1.54) is 12.0 Å². The fourth-order valence-corrected chi connectivity index (χ4v) is 1.92. The summed E-state index contributed by atoms with van der Waals surface area (Å²) >= 11 is 0. The quantitative estimate of drug-likeness (QED) is 0.769. The summed E-state index contributed by atoms with van der Waals surface area (Å²) in [6, 6.07) is 0. The molecular weight excluding hydrogens is 262 g/mol. The van der Waals surface area contributed by atoms with Gasteiger partial charge in [-0.1, -0.05) is 5.16 Å². The van der Waals surface area contributed by atoms with Crippen LogP contribution in [0.5, 0.6) is 0 Å². The molecule has 1 saturated heterocycles. The first-order valence-corrected chi connectivity index (χ1v) is 6.48. The molecule has 0 radical (unpaired) electrons. The number of hydrogen-bond acceptors (Lipinski definition) is 5. The molecule has 20 heavy (non-hydrogen) atoms. The summed E-state index contributed by atoms with van der Waals surface area (Å²) < 4.78 is 5.31. The minimum atomic E-state index is -0.894. The maximum Gasteiger partial charge on any atom is 0.410 e. The Kier molecular flexibility index (Phi) is 4.62. The molecule has 0 aliphatic carbocycles. The van der Waals surface area contributed by atoms with Crippen molar-refractivity contribution in [3.8, 4) is 0 Å². The molecule has 114 valence electrons. The van der Waals surface area contributed by atoms with Crippen molar-refractivity contribution in [2.75, 3.05) is 20.2 Å². The van der Waals surface area contributed by atoms with E-state index in [2.05, 4.69) is 5.16 Å². The van der Waals surface area contributed by atoms with Crippen molar-refractivity contribution >= 4 is 17.7 Å². The summed E-state index contributed by atoms with van der Waals surface area (Å²) in [7, 11) is 1.39. The van der Waals surface area contributed by atoms with Crippen LogP contribution in [0.1, 0.15) is 34.1 Å². The van der Waals surface area contributed by atoms with Crippen molar-refractivity contribution in [3.05, 3.63) is 0 Å². The van der Waals surface area contributed by atoms with E-state index in [-0.39, 0.29) is 6.54 Å². The molecule has 7 nitrogen and oxygen atoms in total. The van der Waals surface area contributed by atoms with E-state index < -0.39 is 23.0 Å². The Bertz CT molecular complexity index is 428. The van der Waals surface area contributed by atoms with Gasteiger partial charge >= 0.3 is 6.09 Å². The molecule has 7 heteroatoms. The highest BCUT2D eigenvalue weighted by Gasteiger charge is 2.43. The van der Waals surface area contributed by atoms with Crippen LogP contribution >= 0.6 is 0 Å². The molecule has 1 heterocycles. The van der Waals surface area contributed by atoms with Gasteiger partial charge in [0.05, 0.1) is 17.7 Å². The second-order valence-corrected chi connectivity index (χ2v) is 6.07. The van der Waals surface area contributed by atoms with Crippen LogP contribution in [0, 0.1) is 5.41 Å². The van der Waals surface area contributed by atoms with Gasteiger partial charge in [-0.25, -0.2) is 4.79 Å². The van der Waals surface area contributed by atoms with E-state index in [0.717, 1.165) is 0 Å². The van der Waals surface area contributed by atoms with Gasteiger partial charge in [0.25, 0.3) is 0 Å². The predicted molar refractivity (Wildman–Crippen MR) is 74.2 cm³/mol. The van der Waals surface area contributed by atoms with Crippen molar-refractivity contribution < 1.29 is 19.2 Å². The molecule has 1 rings (SSSR count). The molecule has 1 atom stereocenters. The number of hydrogen-bond donors (Lipinski definition) is 1. The van der Waals surface area contributed by atoms with Gasteiger partial charge in [0.15, 0.2) is 0 Å². The zero-order valence-corrected chi connectivity index (χ0v) is 12.7. The largest absolute Gasteiger partial charge is 0.444 e. The number of carbonyl (C=O) groups excluding carboxylic acids is 2. The van der Waals surface area contributed by atoms with Gasteiger partial charge in [0, 0.05) is 6.54 Å². The third-order valence-electron chi connectivity index (χ3n) is 3.26.